The van der Waals surface area contributed by atoms with Crippen LogP contribution in [0.2, 0.25) is 0 Å². The third-order valence-electron chi connectivity index (χ3n) is 4.49. The van der Waals surface area contributed by atoms with Crippen LogP contribution in [-0.4, -0.2) is 33.7 Å². The number of anilines is 1. The van der Waals surface area contributed by atoms with Crippen molar-refractivity contribution in [3.8, 4) is 11.4 Å². The van der Waals surface area contributed by atoms with Gasteiger partial charge >= 0.3 is 6.03 Å². The topological polar surface area (TPSA) is 81.1 Å². The van der Waals surface area contributed by atoms with Gasteiger partial charge in [0.05, 0.1) is 24.7 Å². The molecule has 7 heteroatoms. The van der Waals surface area contributed by atoms with Gasteiger partial charge in [-0.1, -0.05) is 29.5 Å². The first kappa shape index (κ1) is 16.1. The number of urea groups is 1. The molecule has 0 bridgehead atoms. The summed E-state index contributed by atoms with van der Waals surface area (Å²) in [6, 6.07) is 15.1. The van der Waals surface area contributed by atoms with Gasteiger partial charge in [-0.3, -0.25) is 0 Å². The highest BCUT2D eigenvalue weighted by Gasteiger charge is 2.29. The number of para-hydroxylation sites is 1. The lowest BCUT2D eigenvalue weighted by molar-refractivity contribution is 0.244. The standard InChI is InChI=1S/C19H19N5O2/c1-13(17-12-26-18-8-3-2-7-16(17)18)21-19(25)22-14-5-4-6-15(11-14)24-10-9-20-23-24/h2-11,13,17H,12H2,1H3,(H2,21,22,25)/t13-,17-/m0/s1. The minimum absolute atomic E-state index is 0.0582. The summed E-state index contributed by atoms with van der Waals surface area (Å²) in [5.41, 5.74) is 2.64. The maximum absolute atomic E-state index is 12.4. The molecule has 0 unspecified atom stereocenters. The Labute approximate surface area is 151 Å². The molecule has 1 aliphatic rings. The van der Waals surface area contributed by atoms with Crippen molar-refractivity contribution in [1.29, 1.82) is 0 Å². The molecular formula is C19H19N5O2. The van der Waals surface area contributed by atoms with E-state index in [1.165, 1.54) is 0 Å². The van der Waals surface area contributed by atoms with Crippen LogP contribution in [0.15, 0.2) is 60.9 Å². The molecule has 2 aromatic carbocycles. The van der Waals surface area contributed by atoms with Crippen molar-refractivity contribution in [2.75, 3.05) is 11.9 Å². The molecule has 0 spiro atoms. The zero-order chi connectivity index (χ0) is 17.9. The van der Waals surface area contributed by atoms with Crippen LogP contribution in [0.3, 0.4) is 0 Å². The fourth-order valence-electron chi connectivity index (χ4n) is 3.15. The smallest absolute Gasteiger partial charge is 0.319 e. The van der Waals surface area contributed by atoms with Crippen LogP contribution in [0.1, 0.15) is 18.4 Å². The lowest BCUT2D eigenvalue weighted by atomic mass is 9.94. The molecule has 26 heavy (non-hydrogen) atoms. The van der Waals surface area contributed by atoms with Crippen molar-refractivity contribution in [3.05, 3.63) is 66.5 Å². The van der Waals surface area contributed by atoms with Gasteiger partial charge in [0.25, 0.3) is 0 Å². The van der Waals surface area contributed by atoms with E-state index < -0.39 is 0 Å². The summed E-state index contributed by atoms with van der Waals surface area (Å²) in [5.74, 6) is 1.03. The number of carbonyl (C=O) groups excluding carboxylic acids is 1. The molecule has 0 saturated carbocycles. The Bertz CT molecular complexity index is 910. The predicted octanol–water partition coefficient (Wildman–Crippen LogP) is 2.95. The molecular weight excluding hydrogens is 330 g/mol. The largest absolute Gasteiger partial charge is 0.493 e. The van der Waals surface area contributed by atoms with E-state index >= 15 is 0 Å². The summed E-state index contributed by atoms with van der Waals surface area (Å²) in [5, 5.41) is 13.6. The summed E-state index contributed by atoms with van der Waals surface area (Å²) in [4.78, 5) is 12.4. The Kier molecular flexibility index (Phi) is 4.27. The van der Waals surface area contributed by atoms with Crippen molar-refractivity contribution < 1.29 is 9.53 Å². The van der Waals surface area contributed by atoms with Gasteiger partial charge in [0, 0.05) is 23.2 Å². The lowest BCUT2D eigenvalue weighted by Crippen LogP contribution is -2.40. The number of hydrogen-bond donors (Lipinski definition) is 2. The van der Waals surface area contributed by atoms with E-state index in [0.717, 1.165) is 17.0 Å². The quantitative estimate of drug-likeness (QED) is 0.759. The van der Waals surface area contributed by atoms with Crippen LogP contribution >= 0.6 is 0 Å². The zero-order valence-electron chi connectivity index (χ0n) is 14.3. The highest BCUT2D eigenvalue weighted by Crippen LogP contribution is 2.35. The SMILES string of the molecule is C[C@H](NC(=O)Nc1cccc(-n2ccnn2)c1)[C@@H]1COc2ccccc21. The van der Waals surface area contributed by atoms with Crippen molar-refractivity contribution >= 4 is 11.7 Å². The molecule has 2 atom stereocenters. The van der Waals surface area contributed by atoms with E-state index in [-0.39, 0.29) is 18.0 Å². The highest BCUT2D eigenvalue weighted by molar-refractivity contribution is 5.89. The van der Waals surface area contributed by atoms with E-state index in [0.29, 0.717) is 12.3 Å². The first-order valence-electron chi connectivity index (χ1n) is 8.47. The molecule has 3 aromatic rings. The summed E-state index contributed by atoms with van der Waals surface area (Å²) < 4.78 is 7.34. The Morgan fingerprint density at radius 3 is 3.00 bits per heavy atom. The van der Waals surface area contributed by atoms with Crippen LogP contribution in [0.25, 0.3) is 5.69 Å². The van der Waals surface area contributed by atoms with E-state index in [2.05, 4.69) is 20.9 Å². The number of hydrogen-bond acceptors (Lipinski definition) is 4. The van der Waals surface area contributed by atoms with Crippen molar-refractivity contribution in [1.82, 2.24) is 20.3 Å². The van der Waals surface area contributed by atoms with E-state index in [4.69, 9.17) is 4.74 Å². The number of amides is 2. The maximum atomic E-state index is 12.4. The third kappa shape index (κ3) is 3.23. The van der Waals surface area contributed by atoms with Gasteiger partial charge in [-0.15, -0.1) is 5.10 Å². The van der Waals surface area contributed by atoms with E-state index in [1.54, 1.807) is 17.1 Å². The van der Waals surface area contributed by atoms with Crippen molar-refractivity contribution in [3.63, 3.8) is 0 Å². The van der Waals surface area contributed by atoms with Gasteiger partial charge in [-0.05, 0) is 31.2 Å². The number of aromatic nitrogens is 3. The molecule has 0 radical (unpaired) electrons. The van der Waals surface area contributed by atoms with E-state index in [9.17, 15) is 4.79 Å². The van der Waals surface area contributed by atoms with Crippen LogP contribution in [0.4, 0.5) is 10.5 Å². The second-order valence-electron chi connectivity index (χ2n) is 6.24. The van der Waals surface area contributed by atoms with Gasteiger partial charge in [-0.2, -0.15) is 0 Å². The first-order chi connectivity index (χ1) is 12.7. The second kappa shape index (κ2) is 6.87. The zero-order valence-corrected chi connectivity index (χ0v) is 14.3. The Hall–Kier alpha value is -3.35. The average Bonchev–Trinajstić information content (AvgIpc) is 3.32. The van der Waals surface area contributed by atoms with Crippen LogP contribution in [-0.2, 0) is 0 Å². The number of fused-ring (bicyclic) bond motifs is 1. The number of nitrogens with zero attached hydrogens (tertiary/aromatic N) is 3. The highest BCUT2D eigenvalue weighted by atomic mass is 16.5. The summed E-state index contributed by atoms with van der Waals surface area (Å²) in [7, 11) is 0. The molecule has 2 heterocycles. The maximum Gasteiger partial charge on any atom is 0.319 e. The summed E-state index contributed by atoms with van der Waals surface area (Å²) in [6.07, 6.45) is 3.36. The second-order valence-corrected chi connectivity index (χ2v) is 6.24. The molecule has 0 aliphatic carbocycles. The third-order valence-corrected chi connectivity index (χ3v) is 4.49. The molecule has 0 fully saturated rings. The number of nitrogens with one attached hydrogen (secondary N) is 2. The molecule has 2 N–H and O–H groups in total. The average molecular weight is 349 g/mol. The molecule has 132 valence electrons. The fraction of sp³-hybridized carbons (Fsp3) is 0.211. The van der Waals surface area contributed by atoms with Gasteiger partial charge in [-0.25, -0.2) is 9.48 Å². The van der Waals surface area contributed by atoms with Crippen molar-refractivity contribution in [2.45, 2.75) is 18.9 Å². The van der Waals surface area contributed by atoms with E-state index in [1.807, 2.05) is 55.5 Å². The van der Waals surface area contributed by atoms with Crippen LogP contribution in [0.5, 0.6) is 5.75 Å². The number of carbonyl (C=O) groups is 1. The van der Waals surface area contributed by atoms with Crippen molar-refractivity contribution in [2.24, 2.45) is 0 Å². The minimum atomic E-state index is -0.252. The number of ether oxygens (including phenoxy) is 1. The summed E-state index contributed by atoms with van der Waals surface area (Å²) in [6.45, 7) is 2.56. The normalized spacial score (nSPS) is 16.4. The Morgan fingerprint density at radius 2 is 2.15 bits per heavy atom. The van der Waals surface area contributed by atoms with Gasteiger partial charge in [0.15, 0.2) is 0 Å². The molecule has 4 rings (SSSR count). The Balaban J connectivity index is 1.41. The lowest BCUT2D eigenvalue weighted by Gasteiger charge is -2.20. The van der Waals surface area contributed by atoms with Gasteiger partial charge in [0.2, 0.25) is 0 Å². The van der Waals surface area contributed by atoms with Crippen LogP contribution in [0, 0.1) is 0 Å². The monoisotopic (exact) mass is 349 g/mol. The molecule has 1 aromatic heterocycles. The molecule has 1 aliphatic heterocycles. The number of rotatable bonds is 4. The number of benzene rings is 2. The molecule has 2 amide bonds. The molecule has 7 nitrogen and oxygen atoms in total. The van der Waals surface area contributed by atoms with Gasteiger partial charge in [0.1, 0.15) is 5.75 Å². The Morgan fingerprint density at radius 1 is 1.27 bits per heavy atom. The fourth-order valence-corrected chi connectivity index (χ4v) is 3.15. The molecule has 0 saturated heterocycles. The first-order valence-corrected chi connectivity index (χ1v) is 8.47. The predicted molar refractivity (Wildman–Crippen MR) is 97.7 cm³/mol. The summed E-state index contributed by atoms with van der Waals surface area (Å²) >= 11 is 0. The minimum Gasteiger partial charge on any atom is -0.493 e. The van der Waals surface area contributed by atoms with Gasteiger partial charge < -0.3 is 15.4 Å². The van der Waals surface area contributed by atoms with Crippen LogP contribution < -0.4 is 15.4 Å².